The van der Waals surface area contributed by atoms with Gasteiger partial charge in [0, 0.05) is 12.2 Å². The standard InChI is InChI=1S/C17H24N2O3/c1-12-7-9-14(10-8-12)19-17(22)16(21)18-11-15(20)13-5-3-2-4-6-13/h7-10,13,15,20H,2-6,11H2,1H3,(H,18,21)(H,19,22). The highest BCUT2D eigenvalue weighted by molar-refractivity contribution is 6.39. The van der Waals surface area contributed by atoms with Gasteiger partial charge in [-0.25, -0.2) is 0 Å². The lowest BCUT2D eigenvalue weighted by Crippen LogP contribution is -2.42. The molecule has 0 spiro atoms. The van der Waals surface area contributed by atoms with Gasteiger partial charge in [-0.15, -0.1) is 0 Å². The molecule has 1 aromatic rings. The van der Waals surface area contributed by atoms with Crippen LogP contribution in [0.5, 0.6) is 0 Å². The summed E-state index contributed by atoms with van der Waals surface area (Å²) >= 11 is 0. The molecule has 0 saturated heterocycles. The lowest BCUT2D eigenvalue weighted by atomic mass is 9.85. The van der Waals surface area contributed by atoms with Crippen LogP contribution < -0.4 is 10.6 Å². The molecular formula is C17H24N2O3. The van der Waals surface area contributed by atoms with Crippen LogP contribution in [0.2, 0.25) is 0 Å². The Hall–Kier alpha value is -1.88. The molecule has 0 aromatic heterocycles. The van der Waals surface area contributed by atoms with E-state index in [1.165, 1.54) is 6.42 Å². The molecule has 1 aliphatic carbocycles. The zero-order valence-electron chi connectivity index (χ0n) is 13.0. The summed E-state index contributed by atoms with van der Waals surface area (Å²) in [6, 6.07) is 7.22. The van der Waals surface area contributed by atoms with Crippen molar-refractivity contribution in [2.75, 3.05) is 11.9 Å². The molecule has 0 heterocycles. The number of nitrogens with one attached hydrogen (secondary N) is 2. The largest absolute Gasteiger partial charge is 0.391 e. The fraction of sp³-hybridized carbons (Fsp3) is 0.529. The van der Waals surface area contributed by atoms with Crippen LogP contribution in [0.1, 0.15) is 37.7 Å². The molecule has 0 aliphatic heterocycles. The maximum atomic E-state index is 11.8. The van der Waals surface area contributed by atoms with Gasteiger partial charge in [0.2, 0.25) is 0 Å². The Morgan fingerprint density at radius 1 is 1.14 bits per heavy atom. The van der Waals surface area contributed by atoms with Crippen LogP contribution in [0.3, 0.4) is 0 Å². The molecule has 1 aromatic carbocycles. The molecule has 5 heteroatoms. The summed E-state index contributed by atoms with van der Waals surface area (Å²) < 4.78 is 0. The minimum absolute atomic E-state index is 0.130. The normalized spacial score (nSPS) is 16.8. The van der Waals surface area contributed by atoms with Crippen molar-refractivity contribution in [2.24, 2.45) is 5.92 Å². The van der Waals surface area contributed by atoms with Crippen LogP contribution in [0.4, 0.5) is 5.69 Å². The van der Waals surface area contributed by atoms with Gasteiger partial charge in [0.15, 0.2) is 0 Å². The highest BCUT2D eigenvalue weighted by Gasteiger charge is 2.23. The average molecular weight is 304 g/mol. The van der Waals surface area contributed by atoms with Crippen molar-refractivity contribution in [3.63, 3.8) is 0 Å². The van der Waals surface area contributed by atoms with E-state index in [-0.39, 0.29) is 12.5 Å². The summed E-state index contributed by atoms with van der Waals surface area (Å²) in [5.41, 5.74) is 1.66. The van der Waals surface area contributed by atoms with E-state index in [2.05, 4.69) is 10.6 Å². The van der Waals surface area contributed by atoms with Gasteiger partial charge in [-0.1, -0.05) is 37.0 Å². The van der Waals surface area contributed by atoms with E-state index in [0.717, 1.165) is 31.2 Å². The maximum absolute atomic E-state index is 11.8. The van der Waals surface area contributed by atoms with Crippen LogP contribution in [0.15, 0.2) is 24.3 Å². The molecule has 0 bridgehead atoms. The number of hydrogen-bond donors (Lipinski definition) is 3. The van der Waals surface area contributed by atoms with Crippen molar-refractivity contribution < 1.29 is 14.7 Å². The predicted molar refractivity (Wildman–Crippen MR) is 85.4 cm³/mol. The first-order valence-electron chi connectivity index (χ1n) is 7.90. The first kappa shape index (κ1) is 16.5. The first-order chi connectivity index (χ1) is 10.6. The number of carbonyl (C=O) groups excluding carboxylic acids is 2. The molecule has 1 fully saturated rings. The van der Waals surface area contributed by atoms with Crippen molar-refractivity contribution in [1.82, 2.24) is 5.32 Å². The molecule has 3 N–H and O–H groups in total. The lowest BCUT2D eigenvalue weighted by molar-refractivity contribution is -0.136. The second kappa shape index (κ2) is 7.94. The predicted octanol–water partition coefficient (Wildman–Crippen LogP) is 1.99. The average Bonchev–Trinajstić information content (AvgIpc) is 2.55. The van der Waals surface area contributed by atoms with Gasteiger partial charge in [0.25, 0.3) is 0 Å². The number of aliphatic hydroxyl groups is 1. The van der Waals surface area contributed by atoms with Crippen LogP contribution >= 0.6 is 0 Å². The van der Waals surface area contributed by atoms with Gasteiger partial charge >= 0.3 is 11.8 Å². The zero-order valence-corrected chi connectivity index (χ0v) is 13.0. The Kier molecular flexibility index (Phi) is 5.95. The summed E-state index contributed by atoms with van der Waals surface area (Å²) in [7, 11) is 0. The Morgan fingerprint density at radius 2 is 1.77 bits per heavy atom. The van der Waals surface area contributed by atoms with E-state index < -0.39 is 17.9 Å². The first-order valence-corrected chi connectivity index (χ1v) is 7.90. The summed E-state index contributed by atoms with van der Waals surface area (Å²) in [5.74, 6) is -1.19. The summed E-state index contributed by atoms with van der Waals surface area (Å²) in [5, 5.41) is 15.1. The molecule has 0 radical (unpaired) electrons. The van der Waals surface area contributed by atoms with Crippen molar-refractivity contribution in [3.8, 4) is 0 Å². The number of carbonyl (C=O) groups is 2. The molecule has 1 atom stereocenters. The second-order valence-electron chi connectivity index (χ2n) is 6.00. The van der Waals surface area contributed by atoms with Gasteiger partial charge < -0.3 is 15.7 Å². The summed E-state index contributed by atoms with van der Waals surface area (Å²) in [6.07, 6.45) is 4.89. The minimum atomic E-state index is -0.713. The third kappa shape index (κ3) is 4.84. The maximum Gasteiger partial charge on any atom is 0.313 e. The molecule has 2 amide bonds. The number of anilines is 1. The molecule has 5 nitrogen and oxygen atoms in total. The molecule has 1 unspecified atom stereocenters. The van der Waals surface area contributed by atoms with Crippen LogP contribution in [0.25, 0.3) is 0 Å². The number of rotatable bonds is 4. The Morgan fingerprint density at radius 3 is 2.41 bits per heavy atom. The highest BCUT2D eigenvalue weighted by Crippen LogP contribution is 2.26. The zero-order chi connectivity index (χ0) is 15.9. The van der Waals surface area contributed by atoms with E-state index >= 15 is 0 Å². The van der Waals surface area contributed by atoms with E-state index in [0.29, 0.717) is 5.69 Å². The second-order valence-corrected chi connectivity index (χ2v) is 6.00. The Bertz CT molecular complexity index is 507. The third-order valence-electron chi connectivity index (χ3n) is 4.18. The molecule has 1 saturated carbocycles. The van der Waals surface area contributed by atoms with Crippen molar-refractivity contribution in [2.45, 2.75) is 45.1 Å². The summed E-state index contributed by atoms with van der Waals surface area (Å²) in [4.78, 5) is 23.5. The van der Waals surface area contributed by atoms with Crippen molar-refractivity contribution >= 4 is 17.5 Å². The van der Waals surface area contributed by atoms with Gasteiger partial charge in [0.05, 0.1) is 6.10 Å². The number of amides is 2. The van der Waals surface area contributed by atoms with Gasteiger partial charge in [-0.2, -0.15) is 0 Å². The number of aliphatic hydroxyl groups excluding tert-OH is 1. The monoisotopic (exact) mass is 304 g/mol. The van der Waals surface area contributed by atoms with E-state index in [9.17, 15) is 14.7 Å². The van der Waals surface area contributed by atoms with Crippen LogP contribution in [-0.2, 0) is 9.59 Å². The van der Waals surface area contributed by atoms with Gasteiger partial charge in [0.1, 0.15) is 0 Å². The number of hydrogen-bond acceptors (Lipinski definition) is 3. The van der Waals surface area contributed by atoms with Gasteiger partial charge in [-0.05, 0) is 37.8 Å². The third-order valence-corrected chi connectivity index (χ3v) is 4.18. The Balaban J connectivity index is 1.76. The molecular weight excluding hydrogens is 280 g/mol. The van der Waals surface area contributed by atoms with Crippen molar-refractivity contribution in [1.29, 1.82) is 0 Å². The molecule has 2 rings (SSSR count). The SMILES string of the molecule is Cc1ccc(NC(=O)C(=O)NCC(O)C2CCCCC2)cc1. The Labute approximate surface area is 131 Å². The van der Waals surface area contributed by atoms with Crippen LogP contribution in [-0.4, -0.2) is 29.6 Å². The summed E-state index contributed by atoms with van der Waals surface area (Å²) in [6.45, 7) is 2.08. The minimum Gasteiger partial charge on any atom is -0.391 e. The fourth-order valence-electron chi connectivity index (χ4n) is 2.79. The van der Waals surface area contributed by atoms with Crippen molar-refractivity contribution in [3.05, 3.63) is 29.8 Å². The topological polar surface area (TPSA) is 78.4 Å². The van der Waals surface area contributed by atoms with E-state index in [1.807, 2.05) is 19.1 Å². The van der Waals surface area contributed by atoms with Crippen LogP contribution in [0, 0.1) is 12.8 Å². The van der Waals surface area contributed by atoms with E-state index in [1.54, 1.807) is 12.1 Å². The van der Waals surface area contributed by atoms with Gasteiger partial charge in [-0.3, -0.25) is 9.59 Å². The molecule has 1 aliphatic rings. The molecule has 22 heavy (non-hydrogen) atoms. The number of benzene rings is 1. The van der Waals surface area contributed by atoms with E-state index in [4.69, 9.17) is 0 Å². The quantitative estimate of drug-likeness (QED) is 0.744. The fourth-order valence-corrected chi connectivity index (χ4v) is 2.79. The smallest absolute Gasteiger partial charge is 0.313 e. The lowest BCUT2D eigenvalue weighted by Gasteiger charge is -2.26. The number of aryl methyl sites for hydroxylation is 1. The highest BCUT2D eigenvalue weighted by atomic mass is 16.3. The molecule has 120 valence electrons.